The minimum absolute atomic E-state index is 0.146. The third-order valence-corrected chi connectivity index (χ3v) is 5.88. The Morgan fingerprint density at radius 2 is 2.23 bits per heavy atom. The van der Waals surface area contributed by atoms with E-state index in [2.05, 4.69) is 22.4 Å². The molecule has 0 aliphatic heterocycles. The van der Waals surface area contributed by atoms with E-state index in [9.17, 15) is 9.18 Å². The van der Waals surface area contributed by atoms with Crippen LogP contribution in [0.5, 0.6) is 0 Å². The normalized spacial score (nSPS) is 11.0. The Labute approximate surface area is 188 Å². The summed E-state index contributed by atoms with van der Waals surface area (Å²) in [5, 5.41) is 5.83. The number of anilines is 2. The van der Waals surface area contributed by atoms with Gasteiger partial charge < -0.3 is 10.1 Å². The molecule has 3 aromatic heterocycles. The number of hydroxylamine groups is 1. The molecule has 0 aliphatic carbocycles. The van der Waals surface area contributed by atoms with Crippen LogP contribution in [0, 0.1) is 9.39 Å². The van der Waals surface area contributed by atoms with Gasteiger partial charge in [0.25, 0.3) is 5.91 Å². The number of carbonyl (C=O) groups excluding carboxylic acids is 1. The lowest BCUT2D eigenvalue weighted by atomic mass is 10.1. The smallest absolute Gasteiger partial charge is 0.280 e. The minimum Gasteiger partial charge on any atom is -0.499 e. The van der Waals surface area contributed by atoms with Gasteiger partial charge in [-0.1, -0.05) is 6.58 Å². The maximum atomic E-state index is 14.5. The van der Waals surface area contributed by atoms with Gasteiger partial charge >= 0.3 is 0 Å². The fraction of sp³-hybridized carbons (Fsp3) is 0.100. The number of thiophene rings is 1. The van der Waals surface area contributed by atoms with Gasteiger partial charge in [0.15, 0.2) is 0 Å². The van der Waals surface area contributed by atoms with Crippen LogP contribution >= 0.6 is 33.9 Å². The summed E-state index contributed by atoms with van der Waals surface area (Å²) in [7, 11) is 0. The van der Waals surface area contributed by atoms with E-state index in [4.69, 9.17) is 9.57 Å². The van der Waals surface area contributed by atoms with Gasteiger partial charge in [0, 0.05) is 8.96 Å². The molecule has 2 N–H and O–H groups in total. The van der Waals surface area contributed by atoms with Crippen LogP contribution in [-0.2, 0) is 9.57 Å². The quantitative estimate of drug-likeness (QED) is 0.145. The molecule has 0 spiro atoms. The number of pyridine rings is 1. The van der Waals surface area contributed by atoms with E-state index in [1.165, 1.54) is 23.7 Å². The number of nitrogens with one attached hydrogen (secondary N) is 2. The number of rotatable bonds is 8. The number of halogens is 2. The van der Waals surface area contributed by atoms with Gasteiger partial charge in [-0.2, -0.15) is 0 Å². The van der Waals surface area contributed by atoms with Crippen molar-refractivity contribution in [1.29, 1.82) is 0 Å². The van der Waals surface area contributed by atoms with Crippen LogP contribution in [0.25, 0.3) is 15.6 Å². The second-order valence-corrected chi connectivity index (χ2v) is 8.26. The molecule has 4 aromatic rings. The molecule has 1 amide bonds. The van der Waals surface area contributed by atoms with Crippen molar-refractivity contribution >= 4 is 66.9 Å². The molecular formula is C20H16FIN4O3S. The number of hydrogen-bond donors (Lipinski definition) is 2. The zero-order chi connectivity index (χ0) is 21.1. The zero-order valence-corrected chi connectivity index (χ0v) is 18.5. The van der Waals surface area contributed by atoms with Crippen LogP contribution in [-0.4, -0.2) is 28.5 Å². The predicted molar refractivity (Wildman–Crippen MR) is 123 cm³/mol. The topological polar surface area (TPSA) is 76.9 Å². The third-order valence-electron chi connectivity index (χ3n) is 4.28. The third kappa shape index (κ3) is 3.98. The Hall–Kier alpha value is -2.70. The van der Waals surface area contributed by atoms with Gasteiger partial charge in [0.1, 0.15) is 36.7 Å². The highest BCUT2D eigenvalue weighted by molar-refractivity contribution is 14.1. The zero-order valence-electron chi connectivity index (χ0n) is 15.5. The monoisotopic (exact) mass is 538 g/mol. The van der Waals surface area contributed by atoms with Gasteiger partial charge in [0.05, 0.1) is 28.4 Å². The Balaban J connectivity index is 1.78. The second kappa shape index (κ2) is 8.98. The van der Waals surface area contributed by atoms with Crippen LogP contribution < -0.4 is 10.8 Å². The SMILES string of the molecule is C=COCCONC(=O)c1c(Nc2ccc(I)cc2F)n2cncc2c2ccsc12. The van der Waals surface area contributed by atoms with Crippen LogP contribution in [0.3, 0.4) is 0 Å². The van der Waals surface area contributed by atoms with E-state index in [1.807, 2.05) is 34.0 Å². The van der Waals surface area contributed by atoms with E-state index in [0.717, 1.165) is 19.2 Å². The number of hydrogen-bond acceptors (Lipinski definition) is 6. The number of aromatic nitrogens is 2. The van der Waals surface area contributed by atoms with Gasteiger partial charge in [0.2, 0.25) is 0 Å². The van der Waals surface area contributed by atoms with Crippen molar-refractivity contribution in [3.05, 3.63) is 70.0 Å². The summed E-state index contributed by atoms with van der Waals surface area (Å²) in [5.41, 5.74) is 3.81. The molecule has 0 unspecified atom stereocenters. The lowest BCUT2D eigenvalue weighted by Gasteiger charge is -2.16. The molecule has 154 valence electrons. The van der Waals surface area contributed by atoms with Crippen LogP contribution in [0.4, 0.5) is 15.9 Å². The average molecular weight is 538 g/mol. The number of ether oxygens (including phenoxy) is 1. The Morgan fingerprint density at radius 3 is 3.03 bits per heavy atom. The van der Waals surface area contributed by atoms with Crippen molar-refractivity contribution in [3.8, 4) is 0 Å². The number of imidazole rings is 1. The van der Waals surface area contributed by atoms with Gasteiger partial charge in [-0.3, -0.25) is 14.0 Å². The summed E-state index contributed by atoms with van der Waals surface area (Å²) in [5.74, 6) is -0.503. The van der Waals surface area contributed by atoms with Crippen molar-refractivity contribution in [1.82, 2.24) is 14.9 Å². The number of nitrogens with zero attached hydrogens (tertiary/aromatic N) is 2. The Morgan fingerprint density at radius 1 is 1.37 bits per heavy atom. The highest BCUT2D eigenvalue weighted by Crippen LogP contribution is 2.36. The summed E-state index contributed by atoms with van der Waals surface area (Å²) in [6.07, 6.45) is 4.58. The minimum atomic E-state index is -0.468. The van der Waals surface area contributed by atoms with Crippen LogP contribution in [0.1, 0.15) is 10.4 Å². The molecule has 0 saturated heterocycles. The number of carbonyl (C=O) groups is 1. The summed E-state index contributed by atoms with van der Waals surface area (Å²) in [4.78, 5) is 22.5. The molecule has 0 fully saturated rings. The Bertz CT molecular complexity index is 1240. The summed E-state index contributed by atoms with van der Waals surface area (Å²) < 4.78 is 22.7. The van der Waals surface area contributed by atoms with Crippen molar-refractivity contribution in [3.63, 3.8) is 0 Å². The summed E-state index contributed by atoms with van der Waals surface area (Å²) >= 11 is 3.45. The largest absolute Gasteiger partial charge is 0.499 e. The highest BCUT2D eigenvalue weighted by Gasteiger charge is 2.22. The van der Waals surface area contributed by atoms with E-state index < -0.39 is 11.7 Å². The van der Waals surface area contributed by atoms with Crippen LogP contribution in [0.15, 0.2) is 55.0 Å². The molecule has 0 saturated carbocycles. The number of amides is 1. The molecule has 10 heteroatoms. The molecule has 0 aliphatic rings. The molecular weight excluding hydrogens is 522 g/mol. The van der Waals surface area contributed by atoms with Crippen LogP contribution in [0.2, 0.25) is 0 Å². The maximum absolute atomic E-state index is 14.5. The fourth-order valence-corrected chi connectivity index (χ4v) is 4.40. The number of benzene rings is 1. The first-order valence-electron chi connectivity index (χ1n) is 8.82. The van der Waals surface area contributed by atoms with Gasteiger partial charge in [-0.25, -0.2) is 14.9 Å². The molecule has 4 rings (SSSR count). The Kier molecular flexibility index (Phi) is 6.16. The summed E-state index contributed by atoms with van der Waals surface area (Å²) in [6, 6.07) is 6.74. The van der Waals surface area contributed by atoms with Gasteiger partial charge in [-0.05, 0) is 52.2 Å². The lowest BCUT2D eigenvalue weighted by Crippen LogP contribution is -2.26. The molecule has 0 bridgehead atoms. The molecule has 0 atom stereocenters. The first-order valence-corrected chi connectivity index (χ1v) is 10.8. The number of fused-ring (bicyclic) bond motifs is 3. The highest BCUT2D eigenvalue weighted by atomic mass is 127. The predicted octanol–water partition coefficient (Wildman–Crippen LogP) is 4.86. The molecule has 30 heavy (non-hydrogen) atoms. The standard InChI is InChI=1S/C20H16FIN4O3S/c1-2-28-6-7-29-25-20(27)17-18-13(5-8-30-18)16-10-23-11-26(16)19(17)24-15-4-3-12(22)9-14(15)21/h2-5,8-11,24H,1,6-7H2,(H,25,27). The van der Waals surface area contributed by atoms with Gasteiger partial charge in [-0.15, -0.1) is 11.3 Å². The second-order valence-electron chi connectivity index (χ2n) is 6.10. The van der Waals surface area contributed by atoms with Crippen molar-refractivity contribution in [2.75, 3.05) is 18.5 Å². The van der Waals surface area contributed by atoms with E-state index in [0.29, 0.717) is 11.4 Å². The molecule has 3 heterocycles. The first-order chi connectivity index (χ1) is 14.6. The van der Waals surface area contributed by atoms with E-state index in [-0.39, 0.29) is 18.9 Å². The lowest BCUT2D eigenvalue weighted by molar-refractivity contribution is 0.0146. The van der Waals surface area contributed by atoms with E-state index in [1.54, 1.807) is 29.1 Å². The average Bonchev–Trinajstić information content (AvgIpc) is 3.38. The molecule has 0 radical (unpaired) electrons. The van der Waals surface area contributed by atoms with Crippen molar-refractivity contribution in [2.24, 2.45) is 0 Å². The first kappa shape index (κ1) is 20.6. The molecule has 1 aromatic carbocycles. The maximum Gasteiger partial charge on any atom is 0.280 e. The van der Waals surface area contributed by atoms with E-state index >= 15 is 0 Å². The molecule has 7 nitrogen and oxygen atoms in total. The summed E-state index contributed by atoms with van der Waals surface area (Å²) in [6.45, 7) is 3.84. The van der Waals surface area contributed by atoms with Crippen molar-refractivity contribution < 1.29 is 18.8 Å². The fourth-order valence-electron chi connectivity index (χ4n) is 3.00. The van der Waals surface area contributed by atoms with Crippen molar-refractivity contribution in [2.45, 2.75) is 0 Å².